The molecule has 0 aliphatic carbocycles. The third-order valence-electron chi connectivity index (χ3n) is 6.05. The van der Waals surface area contributed by atoms with Gasteiger partial charge >= 0.3 is 6.18 Å². The van der Waals surface area contributed by atoms with Crippen molar-refractivity contribution < 1.29 is 27.4 Å². The maximum absolute atomic E-state index is 13.4. The van der Waals surface area contributed by atoms with Gasteiger partial charge in [0.05, 0.1) is 42.8 Å². The molecule has 34 heavy (non-hydrogen) atoms. The number of carbonyl (C=O) groups excluding carboxylic acids is 1. The van der Waals surface area contributed by atoms with Crippen molar-refractivity contribution in [1.29, 1.82) is 0 Å². The van der Waals surface area contributed by atoms with E-state index < -0.39 is 11.7 Å². The van der Waals surface area contributed by atoms with Crippen molar-refractivity contribution in [2.24, 2.45) is 0 Å². The highest BCUT2D eigenvalue weighted by molar-refractivity contribution is 5.95. The first kappa shape index (κ1) is 24.5. The molecular weight excluding hydrogens is 447 g/mol. The Balaban J connectivity index is 1.51. The number of ether oxygens (including phenoxy) is 2. The van der Waals surface area contributed by atoms with Crippen LogP contribution in [0.5, 0.6) is 0 Å². The molecule has 2 fully saturated rings. The number of carbonyl (C=O) groups is 1. The zero-order chi connectivity index (χ0) is 24.0. The summed E-state index contributed by atoms with van der Waals surface area (Å²) in [6.07, 6.45) is -2.53. The molecule has 1 amide bonds. The lowest BCUT2D eigenvalue weighted by atomic mass is 10.1. The van der Waals surface area contributed by atoms with Gasteiger partial charge in [-0.3, -0.25) is 9.69 Å². The predicted molar refractivity (Wildman–Crippen MR) is 124 cm³/mol. The van der Waals surface area contributed by atoms with Crippen molar-refractivity contribution in [3.63, 3.8) is 0 Å². The Morgan fingerprint density at radius 1 is 1.09 bits per heavy atom. The van der Waals surface area contributed by atoms with Crippen molar-refractivity contribution in [3.05, 3.63) is 59.7 Å². The first-order chi connectivity index (χ1) is 16.4. The molecule has 1 atom stereocenters. The minimum absolute atomic E-state index is 0.0492. The molecule has 0 saturated carbocycles. The van der Waals surface area contributed by atoms with Crippen LogP contribution in [0, 0.1) is 0 Å². The van der Waals surface area contributed by atoms with Gasteiger partial charge in [0.15, 0.2) is 0 Å². The number of alkyl halides is 3. The molecule has 2 saturated heterocycles. The van der Waals surface area contributed by atoms with Gasteiger partial charge in [0.1, 0.15) is 0 Å². The molecule has 0 radical (unpaired) electrons. The van der Waals surface area contributed by atoms with E-state index in [-0.39, 0.29) is 24.2 Å². The Hall–Kier alpha value is -2.62. The molecule has 1 unspecified atom stereocenters. The van der Waals surface area contributed by atoms with E-state index in [9.17, 15) is 18.0 Å². The summed E-state index contributed by atoms with van der Waals surface area (Å²) in [6.45, 7) is 3.97. The van der Waals surface area contributed by atoms with Gasteiger partial charge in [-0.2, -0.15) is 13.2 Å². The lowest BCUT2D eigenvalue weighted by Gasteiger charge is -2.31. The second-order valence-electron chi connectivity index (χ2n) is 8.67. The minimum atomic E-state index is -4.50. The summed E-state index contributed by atoms with van der Waals surface area (Å²) >= 11 is 0. The second kappa shape index (κ2) is 11.2. The number of benzene rings is 2. The van der Waals surface area contributed by atoms with Crippen LogP contribution in [0.1, 0.15) is 24.0 Å². The molecule has 2 heterocycles. The third-order valence-corrected chi connectivity index (χ3v) is 6.05. The second-order valence-corrected chi connectivity index (χ2v) is 8.67. The van der Waals surface area contributed by atoms with Gasteiger partial charge in [-0.1, -0.05) is 30.3 Å². The average molecular weight is 478 g/mol. The normalized spacial score (nSPS) is 18.9. The highest BCUT2D eigenvalue weighted by atomic mass is 19.4. The van der Waals surface area contributed by atoms with Crippen molar-refractivity contribution in [3.8, 4) is 0 Å². The van der Waals surface area contributed by atoms with Crippen LogP contribution in [0.3, 0.4) is 0 Å². The summed E-state index contributed by atoms with van der Waals surface area (Å²) in [5, 5.41) is 2.76. The monoisotopic (exact) mass is 477 g/mol. The van der Waals surface area contributed by atoms with Crippen LogP contribution < -0.4 is 10.2 Å². The van der Waals surface area contributed by atoms with Gasteiger partial charge in [0.25, 0.3) is 0 Å². The van der Waals surface area contributed by atoms with E-state index in [0.29, 0.717) is 51.7 Å². The molecule has 0 spiro atoms. The Morgan fingerprint density at radius 2 is 1.85 bits per heavy atom. The van der Waals surface area contributed by atoms with Gasteiger partial charge in [-0.05, 0) is 36.6 Å². The summed E-state index contributed by atoms with van der Waals surface area (Å²) in [6, 6.07) is 13.3. The Labute approximate surface area is 197 Å². The van der Waals surface area contributed by atoms with Crippen LogP contribution in [-0.2, 0) is 27.0 Å². The molecule has 2 aliphatic rings. The summed E-state index contributed by atoms with van der Waals surface area (Å²) in [5.41, 5.74) is 0.999. The van der Waals surface area contributed by atoms with Gasteiger partial charge in [0.2, 0.25) is 5.91 Å². The lowest BCUT2D eigenvalue weighted by molar-refractivity contribution is -0.137. The predicted octanol–water partition coefficient (Wildman–Crippen LogP) is 4.16. The highest BCUT2D eigenvalue weighted by Gasteiger charge is 2.32. The number of morpholine rings is 1. The zero-order valence-corrected chi connectivity index (χ0v) is 19.0. The van der Waals surface area contributed by atoms with Crippen LogP contribution >= 0.6 is 0 Å². The van der Waals surface area contributed by atoms with E-state index in [1.165, 1.54) is 6.07 Å². The van der Waals surface area contributed by atoms with Gasteiger partial charge in [-0.25, -0.2) is 0 Å². The number of rotatable bonds is 8. The smallest absolute Gasteiger partial charge is 0.378 e. The van der Waals surface area contributed by atoms with Crippen molar-refractivity contribution in [2.45, 2.75) is 31.7 Å². The summed E-state index contributed by atoms with van der Waals surface area (Å²) in [4.78, 5) is 17.0. The number of anilines is 2. The largest absolute Gasteiger partial charge is 0.416 e. The van der Waals surface area contributed by atoms with Crippen LogP contribution in [0.2, 0.25) is 0 Å². The quantitative estimate of drug-likeness (QED) is 0.619. The minimum Gasteiger partial charge on any atom is -0.378 e. The SMILES string of the molecule is O=C(CN(Cc1ccccc1)CC1CCCO1)Nc1cc(C(F)(F)F)ccc1N1CCOCC1. The first-order valence-electron chi connectivity index (χ1n) is 11.6. The fraction of sp³-hybridized carbons (Fsp3) is 0.480. The Bertz CT molecular complexity index is 943. The molecule has 2 aliphatic heterocycles. The number of nitrogens with one attached hydrogen (secondary N) is 1. The van der Waals surface area contributed by atoms with E-state index in [1.54, 1.807) is 0 Å². The van der Waals surface area contributed by atoms with E-state index in [4.69, 9.17) is 9.47 Å². The molecule has 0 aromatic heterocycles. The average Bonchev–Trinajstić information content (AvgIpc) is 3.32. The van der Waals surface area contributed by atoms with E-state index in [0.717, 1.165) is 30.5 Å². The molecular formula is C25H30F3N3O3. The van der Waals surface area contributed by atoms with Crippen LogP contribution in [0.15, 0.2) is 48.5 Å². The van der Waals surface area contributed by atoms with Gasteiger partial charge in [-0.15, -0.1) is 0 Å². The molecule has 4 rings (SSSR count). The molecule has 9 heteroatoms. The van der Waals surface area contributed by atoms with Crippen molar-refractivity contribution >= 4 is 17.3 Å². The number of hydrogen-bond acceptors (Lipinski definition) is 5. The standard InChI is InChI=1S/C25H30F3N3O3/c26-25(27,28)20-8-9-23(31-10-13-33-14-11-31)22(15-20)29-24(32)18-30(17-21-7-4-12-34-21)16-19-5-2-1-3-6-19/h1-3,5-6,8-9,15,21H,4,7,10-14,16-18H2,(H,29,32). The van der Waals surface area contributed by atoms with Crippen molar-refractivity contribution in [1.82, 2.24) is 4.90 Å². The van der Waals surface area contributed by atoms with Crippen LogP contribution in [0.25, 0.3) is 0 Å². The first-order valence-corrected chi connectivity index (χ1v) is 11.6. The van der Waals surface area contributed by atoms with Gasteiger partial charge in [0, 0.05) is 32.8 Å². The molecule has 0 bridgehead atoms. The van der Waals surface area contributed by atoms with E-state index in [1.807, 2.05) is 40.1 Å². The Kier molecular flexibility index (Phi) is 8.07. The maximum atomic E-state index is 13.4. The zero-order valence-electron chi connectivity index (χ0n) is 19.0. The maximum Gasteiger partial charge on any atom is 0.416 e. The third kappa shape index (κ3) is 6.71. The topological polar surface area (TPSA) is 54.0 Å². The summed E-state index contributed by atoms with van der Waals surface area (Å²) in [7, 11) is 0. The van der Waals surface area contributed by atoms with Crippen LogP contribution in [0.4, 0.5) is 24.5 Å². The number of hydrogen-bond donors (Lipinski definition) is 1. The number of nitrogens with zero attached hydrogens (tertiary/aromatic N) is 2. The Morgan fingerprint density at radius 3 is 2.53 bits per heavy atom. The van der Waals surface area contributed by atoms with Gasteiger partial charge < -0.3 is 19.7 Å². The number of halogens is 3. The number of amides is 1. The summed E-state index contributed by atoms with van der Waals surface area (Å²) < 4.78 is 51.3. The van der Waals surface area contributed by atoms with Crippen LogP contribution in [-0.4, -0.2) is 62.9 Å². The fourth-order valence-electron chi connectivity index (χ4n) is 4.39. The highest BCUT2D eigenvalue weighted by Crippen LogP contribution is 2.35. The molecule has 2 aromatic carbocycles. The molecule has 184 valence electrons. The summed E-state index contributed by atoms with van der Waals surface area (Å²) in [5.74, 6) is -0.359. The lowest BCUT2D eigenvalue weighted by Crippen LogP contribution is -2.39. The van der Waals surface area contributed by atoms with Crippen molar-refractivity contribution in [2.75, 3.05) is 56.2 Å². The van der Waals surface area contributed by atoms with E-state index in [2.05, 4.69) is 5.32 Å². The molecule has 1 N–H and O–H groups in total. The van der Waals surface area contributed by atoms with E-state index >= 15 is 0 Å². The fourth-order valence-corrected chi connectivity index (χ4v) is 4.39. The molecule has 2 aromatic rings. The molecule has 6 nitrogen and oxygen atoms in total.